The number of hydrogen-bond acceptors (Lipinski definition) is 2. The summed E-state index contributed by atoms with van der Waals surface area (Å²) in [4.78, 5) is 7.53. The van der Waals surface area contributed by atoms with Crippen LogP contribution in [-0.4, -0.2) is 9.55 Å². The maximum absolute atomic E-state index is 5.13. The highest BCUT2D eigenvalue weighted by molar-refractivity contribution is 6.19. The average Bonchev–Trinajstić information content (AvgIpc) is 3.56. The Bertz CT molecular complexity index is 2120. The summed E-state index contributed by atoms with van der Waals surface area (Å²) >= 11 is 0. The molecule has 0 saturated carbocycles. The quantitative estimate of drug-likeness (QED) is 0.235. The van der Waals surface area contributed by atoms with E-state index in [-0.39, 0.29) is 0 Å². The van der Waals surface area contributed by atoms with Gasteiger partial charge in [0.1, 0.15) is 5.82 Å². The zero-order chi connectivity index (χ0) is 26.4. The van der Waals surface area contributed by atoms with Crippen LogP contribution in [0.25, 0.3) is 60.9 Å². The Hall–Kier alpha value is -5.15. The third-order valence-corrected chi connectivity index (χ3v) is 8.61. The fourth-order valence-electron chi connectivity index (χ4n) is 7.01. The van der Waals surface area contributed by atoms with Gasteiger partial charge in [-0.15, -0.1) is 0 Å². The number of para-hydroxylation sites is 3. The van der Waals surface area contributed by atoms with E-state index >= 15 is 0 Å². The van der Waals surface area contributed by atoms with Gasteiger partial charge in [0.05, 0.1) is 28.1 Å². The number of aryl methyl sites for hydroxylation is 1. The van der Waals surface area contributed by atoms with E-state index in [0.29, 0.717) is 0 Å². The molecule has 0 radical (unpaired) electrons. The van der Waals surface area contributed by atoms with Crippen molar-refractivity contribution in [1.82, 2.24) is 9.55 Å². The number of rotatable bonds is 3. The van der Waals surface area contributed by atoms with E-state index < -0.39 is 0 Å². The van der Waals surface area contributed by atoms with Crippen molar-refractivity contribution < 1.29 is 0 Å². The number of benzene rings is 6. The highest BCUT2D eigenvalue weighted by atomic mass is 15.2. The van der Waals surface area contributed by atoms with Gasteiger partial charge < -0.3 is 4.90 Å². The molecule has 3 heteroatoms. The van der Waals surface area contributed by atoms with E-state index in [1.807, 2.05) is 0 Å². The third-order valence-electron chi connectivity index (χ3n) is 8.61. The van der Waals surface area contributed by atoms with E-state index in [2.05, 4.69) is 138 Å². The van der Waals surface area contributed by atoms with Gasteiger partial charge in [0.25, 0.3) is 0 Å². The van der Waals surface area contributed by atoms with Gasteiger partial charge in [-0.05, 0) is 68.9 Å². The van der Waals surface area contributed by atoms with Gasteiger partial charge in [-0.3, -0.25) is 4.57 Å². The summed E-state index contributed by atoms with van der Waals surface area (Å²) in [6.07, 6.45) is 0.854. The van der Waals surface area contributed by atoms with Gasteiger partial charge >= 0.3 is 0 Å². The Morgan fingerprint density at radius 3 is 2.02 bits per heavy atom. The largest absolute Gasteiger partial charge is 0.306 e. The standard InChI is InChI=1S/C37H25N3/c1-2-34-38-31-18-10-20-33-37(31)40(34)36-30(17-9-19-32(36)39(33)23-11-4-3-5-12-23)26-21-22-29-25-14-7-6-13-24(25)27-15-8-16-28(26)35(27)29/h3-22H,2H2,1H3. The van der Waals surface area contributed by atoms with Crippen molar-refractivity contribution in [2.24, 2.45) is 0 Å². The van der Waals surface area contributed by atoms with Crippen molar-refractivity contribution in [2.75, 3.05) is 4.90 Å². The number of imidazole rings is 1. The molecule has 2 aliphatic rings. The molecule has 0 N–H and O–H groups in total. The first-order valence-electron chi connectivity index (χ1n) is 14.0. The van der Waals surface area contributed by atoms with E-state index in [9.17, 15) is 0 Å². The zero-order valence-electron chi connectivity index (χ0n) is 22.1. The highest BCUT2D eigenvalue weighted by Crippen LogP contribution is 2.53. The minimum atomic E-state index is 0.854. The lowest BCUT2D eigenvalue weighted by atomic mass is 9.92. The van der Waals surface area contributed by atoms with Crippen molar-refractivity contribution in [2.45, 2.75) is 13.3 Å². The smallest absolute Gasteiger partial charge is 0.114 e. The van der Waals surface area contributed by atoms with Crippen LogP contribution in [0.4, 0.5) is 17.1 Å². The van der Waals surface area contributed by atoms with E-state index in [4.69, 9.17) is 4.98 Å². The molecule has 0 spiro atoms. The number of anilines is 3. The molecule has 40 heavy (non-hydrogen) atoms. The fourth-order valence-corrected chi connectivity index (χ4v) is 7.01. The second kappa shape index (κ2) is 7.93. The lowest BCUT2D eigenvalue weighted by Crippen LogP contribution is -2.19. The molecule has 0 saturated heterocycles. The van der Waals surface area contributed by atoms with E-state index in [1.54, 1.807) is 0 Å². The number of fused-ring (bicyclic) bond motifs is 5. The summed E-state index contributed by atoms with van der Waals surface area (Å²) in [5, 5.41) is 2.64. The van der Waals surface area contributed by atoms with Gasteiger partial charge in [-0.25, -0.2) is 4.98 Å². The predicted octanol–water partition coefficient (Wildman–Crippen LogP) is 9.84. The maximum Gasteiger partial charge on any atom is 0.114 e. The van der Waals surface area contributed by atoms with Gasteiger partial charge in [0.2, 0.25) is 0 Å². The molecule has 7 aromatic rings. The van der Waals surface area contributed by atoms with Crippen LogP contribution in [0.15, 0.2) is 121 Å². The van der Waals surface area contributed by atoms with Gasteiger partial charge in [0, 0.05) is 17.7 Å². The minimum absolute atomic E-state index is 0.854. The van der Waals surface area contributed by atoms with Crippen LogP contribution in [0.5, 0.6) is 0 Å². The number of nitrogens with zero attached hydrogens (tertiary/aromatic N) is 3. The molecule has 1 aromatic heterocycles. The zero-order valence-corrected chi connectivity index (χ0v) is 22.1. The highest BCUT2D eigenvalue weighted by Gasteiger charge is 2.31. The first-order valence-corrected chi connectivity index (χ1v) is 14.0. The maximum atomic E-state index is 5.13. The monoisotopic (exact) mass is 511 g/mol. The Labute approximate surface area is 232 Å². The summed E-state index contributed by atoms with van der Waals surface area (Å²) in [5.41, 5.74) is 14.6. The summed E-state index contributed by atoms with van der Waals surface area (Å²) in [7, 11) is 0. The van der Waals surface area contributed by atoms with Gasteiger partial charge in [-0.1, -0.05) is 97.9 Å². The summed E-state index contributed by atoms with van der Waals surface area (Å²) < 4.78 is 2.42. The first-order chi connectivity index (χ1) is 19.8. The molecule has 1 aliphatic heterocycles. The van der Waals surface area contributed by atoms with Crippen molar-refractivity contribution in [3.63, 3.8) is 0 Å². The third kappa shape index (κ3) is 2.71. The molecular formula is C37H25N3. The van der Waals surface area contributed by atoms with Crippen LogP contribution in [0.3, 0.4) is 0 Å². The van der Waals surface area contributed by atoms with Crippen LogP contribution >= 0.6 is 0 Å². The molecule has 2 heterocycles. The molecule has 0 unspecified atom stereocenters. The van der Waals surface area contributed by atoms with E-state index in [0.717, 1.165) is 29.1 Å². The van der Waals surface area contributed by atoms with Crippen LogP contribution in [-0.2, 0) is 6.42 Å². The average molecular weight is 512 g/mol. The lowest BCUT2D eigenvalue weighted by Gasteiger charge is -2.34. The van der Waals surface area contributed by atoms with Crippen molar-refractivity contribution in [3.8, 4) is 39.1 Å². The second-order valence-electron chi connectivity index (χ2n) is 10.6. The minimum Gasteiger partial charge on any atom is -0.306 e. The van der Waals surface area contributed by atoms with Crippen LogP contribution in [0.2, 0.25) is 0 Å². The SMILES string of the molecule is CCc1nc2cccc3c2n1-c1c(-c2ccc4c5c(cccc25)-c2ccccc2-4)cccc1N3c1ccccc1. The first kappa shape index (κ1) is 21.7. The van der Waals surface area contributed by atoms with Crippen molar-refractivity contribution >= 4 is 38.9 Å². The molecule has 0 bridgehead atoms. The normalized spacial score (nSPS) is 12.7. The molecule has 0 fully saturated rings. The number of hydrogen-bond donors (Lipinski definition) is 0. The van der Waals surface area contributed by atoms with Crippen LogP contribution in [0, 0.1) is 0 Å². The van der Waals surface area contributed by atoms with Crippen LogP contribution < -0.4 is 4.90 Å². The molecule has 3 nitrogen and oxygen atoms in total. The topological polar surface area (TPSA) is 21.1 Å². The predicted molar refractivity (Wildman–Crippen MR) is 166 cm³/mol. The van der Waals surface area contributed by atoms with Crippen molar-refractivity contribution in [3.05, 3.63) is 127 Å². The molecule has 0 atom stereocenters. The Balaban J connectivity index is 1.40. The molecule has 1 aliphatic carbocycles. The van der Waals surface area contributed by atoms with Gasteiger partial charge in [-0.2, -0.15) is 0 Å². The van der Waals surface area contributed by atoms with Crippen molar-refractivity contribution in [1.29, 1.82) is 0 Å². The number of aromatic nitrogens is 2. The lowest BCUT2D eigenvalue weighted by molar-refractivity contribution is 0.901. The molecular weight excluding hydrogens is 486 g/mol. The molecule has 9 rings (SSSR count). The van der Waals surface area contributed by atoms with Crippen LogP contribution in [0.1, 0.15) is 12.7 Å². The summed E-state index contributed by atoms with van der Waals surface area (Å²) in [6.45, 7) is 2.20. The fraction of sp³-hybridized carbons (Fsp3) is 0.0541. The van der Waals surface area contributed by atoms with E-state index in [1.165, 1.54) is 61.0 Å². The Morgan fingerprint density at radius 2 is 1.20 bits per heavy atom. The Morgan fingerprint density at radius 1 is 0.550 bits per heavy atom. The molecule has 0 amide bonds. The van der Waals surface area contributed by atoms with Gasteiger partial charge in [0.15, 0.2) is 0 Å². The summed E-state index contributed by atoms with van der Waals surface area (Å²) in [6, 6.07) is 44.1. The molecule has 188 valence electrons. The Kier molecular flexibility index (Phi) is 4.31. The molecule has 6 aromatic carbocycles. The summed E-state index contributed by atoms with van der Waals surface area (Å²) in [5.74, 6) is 1.09. The second-order valence-corrected chi connectivity index (χ2v) is 10.6.